The molecule has 0 bridgehead atoms. The summed E-state index contributed by atoms with van der Waals surface area (Å²) in [6.07, 6.45) is 3.86. The zero-order valence-corrected chi connectivity index (χ0v) is 16.2. The van der Waals surface area contributed by atoms with Crippen molar-refractivity contribution < 1.29 is 9.53 Å². The SMILES string of the molecule is CCCN(CCC)c1ccc(NC(=O)COc2cc(C)ccc2C)cn1. The van der Waals surface area contributed by atoms with Crippen molar-refractivity contribution >= 4 is 17.4 Å². The Kier molecular flexibility index (Phi) is 7.45. The molecule has 0 saturated carbocycles. The van der Waals surface area contributed by atoms with Gasteiger partial charge < -0.3 is 15.0 Å². The summed E-state index contributed by atoms with van der Waals surface area (Å²) in [5, 5.41) is 2.83. The van der Waals surface area contributed by atoms with E-state index in [0.29, 0.717) is 5.69 Å². The van der Waals surface area contributed by atoms with Crippen LogP contribution in [-0.4, -0.2) is 30.6 Å². The van der Waals surface area contributed by atoms with Crippen LogP contribution in [0.4, 0.5) is 11.5 Å². The van der Waals surface area contributed by atoms with E-state index < -0.39 is 0 Å². The maximum absolute atomic E-state index is 12.1. The van der Waals surface area contributed by atoms with E-state index in [1.165, 1.54) is 0 Å². The fourth-order valence-corrected chi connectivity index (χ4v) is 2.73. The van der Waals surface area contributed by atoms with Crippen molar-refractivity contribution in [3.05, 3.63) is 47.7 Å². The molecule has 0 radical (unpaired) electrons. The second-order valence-corrected chi connectivity index (χ2v) is 6.50. The third kappa shape index (κ3) is 5.76. The van der Waals surface area contributed by atoms with Crippen molar-refractivity contribution in [3.63, 3.8) is 0 Å². The van der Waals surface area contributed by atoms with Crippen molar-refractivity contribution in [1.82, 2.24) is 4.98 Å². The Bertz CT molecular complexity index is 708. The Balaban J connectivity index is 1.91. The lowest BCUT2D eigenvalue weighted by Gasteiger charge is -2.22. The van der Waals surface area contributed by atoms with Gasteiger partial charge in [0.05, 0.1) is 11.9 Å². The molecular weight excluding hydrogens is 326 g/mol. The molecule has 0 aliphatic carbocycles. The van der Waals surface area contributed by atoms with E-state index in [4.69, 9.17) is 4.74 Å². The number of pyridine rings is 1. The fourth-order valence-electron chi connectivity index (χ4n) is 2.73. The maximum Gasteiger partial charge on any atom is 0.262 e. The van der Waals surface area contributed by atoms with E-state index >= 15 is 0 Å². The topological polar surface area (TPSA) is 54.5 Å². The predicted octanol–water partition coefficient (Wildman–Crippen LogP) is 4.34. The second-order valence-electron chi connectivity index (χ2n) is 6.50. The predicted molar refractivity (Wildman–Crippen MR) is 107 cm³/mol. The number of benzene rings is 1. The van der Waals surface area contributed by atoms with E-state index in [1.807, 2.05) is 44.2 Å². The summed E-state index contributed by atoms with van der Waals surface area (Å²) in [5.74, 6) is 1.49. The Morgan fingerprint density at radius 2 is 1.85 bits per heavy atom. The lowest BCUT2D eigenvalue weighted by molar-refractivity contribution is -0.118. The zero-order valence-electron chi connectivity index (χ0n) is 16.2. The minimum absolute atomic E-state index is 0.0240. The number of rotatable bonds is 9. The number of hydrogen-bond acceptors (Lipinski definition) is 4. The molecule has 0 aliphatic heterocycles. The van der Waals surface area contributed by atoms with Crippen molar-refractivity contribution in [2.45, 2.75) is 40.5 Å². The first-order valence-corrected chi connectivity index (χ1v) is 9.24. The van der Waals surface area contributed by atoms with Crippen LogP contribution >= 0.6 is 0 Å². The smallest absolute Gasteiger partial charge is 0.262 e. The molecule has 1 N–H and O–H groups in total. The van der Waals surface area contributed by atoms with E-state index in [0.717, 1.165) is 48.6 Å². The van der Waals surface area contributed by atoms with E-state index in [-0.39, 0.29) is 12.5 Å². The summed E-state index contributed by atoms with van der Waals surface area (Å²) in [5.41, 5.74) is 2.80. The van der Waals surface area contributed by atoms with Gasteiger partial charge in [0.1, 0.15) is 11.6 Å². The molecule has 1 amide bonds. The van der Waals surface area contributed by atoms with Crippen LogP contribution in [0, 0.1) is 13.8 Å². The van der Waals surface area contributed by atoms with Crippen LogP contribution in [0.3, 0.4) is 0 Å². The normalized spacial score (nSPS) is 10.5. The van der Waals surface area contributed by atoms with Crippen LogP contribution in [0.1, 0.15) is 37.8 Å². The summed E-state index contributed by atoms with van der Waals surface area (Å²) in [6, 6.07) is 9.79. The van der Waals surface area contributed by atoms with E-state index in [2.05, 4.69) is 29.0 Å². The minimum Gasteiger partial charge on any atom is -0.483 e. The molecule has 26 heavy (non-hydrogen) atoms. The highest BCUT2D eigenvalue weighted by Gasteiger charge is 2.08. The van der Waals surface area contributed by atoms with Crippen LogP contribution in [0.25, 0.3) is 0 Å². The highest BCUT2D eigenvalue weighted by atomic mass is 16.5. The molecule has 0 atom stereocenters. The van der Waals surface area contributed by atoms with Gasteiger partial charge in [-0.15, -0.1) is 0 Å². The third-order valence-corrected chi connectivity index (χ3v) is 4.05. The molecule has 5 heteroatoms. The van der Waals surface area contributed by atoms with Gasteiger partial charge in [-0.1, -0.05) is 26.0 Å². The quantitative estimate of drug-likeness (QED) is 0.727. The number of carbonyl (C=O) groups excluding carboxylic acids is 1. The number of aryl methyl sites for hydroxylation is 2. The highest BCUT2D eigenvalue weighted by molar-refractivity contribution is 5.91. The monoisotopic (exact) mass is 355 g/mol. The van der Waals surface area contributed by atoms with Crippen molar-refractivity contribution in [2.24, 2.45) is 0 Å². The van der Waals surface area contributed by atoms with E-state index in [1.54, 1.807) is 6.20 Å². The zero-order chi connectivity index (χ0) is 18.9. The lowest BCUT2D eigenvalue weighted by atomic mass is 10.1. The second kappa shape index (κ2) is 9.80. The molecular formula is C21H29N3O2. The Labute approximate surface area is 156 Å². The Morgan fingerprint density at radius 1 is 1.12 bits per heavy atom. The maximum atomic E-state index is 12.1. The van der Waals surface area contributed by atoms with Gasteiger partial charge in [-0.3, -0.25) is 4.79 Å². The van der Waals surface area contributed by atoms with E-state index in [9.17, 15) is 4.79 Å². The lowest BCUT2D eigenvalue weighted by Crippen LogP contribution is -2.26. The molecule has 5 nitrogen and oxygen atoms in total. The standard InChI is InChI=1S/C21H29N3O2/c1-5-11-24(12-6-2)20-10-9-18(14-22-20)23-21(25)15-26-19-13-16(3)7-8-17(19)4/h7-10,13-14H,5-6,11-12,15H2,1-4H3,(H,23,25). The largest absolute Gasteiger partial charge is 0.483 e. The van der Waals surface area contributed by atoms with Gasteiger partial charge in [-0.2, -0.15) is 0 Å². The van der Waals surface area contributed by atoms with Gasteiger partial charge in [-0.05, 0) is 56.0 Å². The van der Waals surface area contributed by atoms with Crippen LogP contribution in [-0.2, 0) is 4.79 Å². The van der Waals surface area contributed by atoms with Gasteiger partial charge >= 0.3 is 0 Å². The first-order chi connectivity index (χ1) is 12.5. The minimum atomic E-state index is -0.195. The highest BCUT2D eigenvalue weighted by Crippen LogP contribution is 2.19. The molecule has 0 fully saturated rings. The number of anilines is 2. The van der Waals surface area contributed by atoms with Crippen LogP contribution in [0.15, 0.2) is 36.5 Å². The molecule has 1 aromatic carbocycles. The van der Waals surface area contributed by atoms with Gasteiger partial charge in [0, 0.05) is 13.1 Å². The fraction of sp³-hybridized carbons (Fsp3) is 0.429. The van der Waals surface area contributed by atoms with Crippen molar-refractivity contribution in [1.29, 1.82) is 0 Å². The number of nitrogens with one attached hydrogen (secondary N) is 1. The van der Waals surface area contributed by atoms with Gasteiger partial charge in [-0.25, -0.2) is 4.98 Å². The first kappa shape index (κ1) is 19.8. The molecule has 2 aromatic rings. The molecule has 140 valence electrons. The molecule has 2 rings (SSSR count). The third-order valence-electron chi connectivity index (χ3n) is 4.05. The molecule has 1 aromatic heterocycles. The summed E-state index contributed by atoms with van der Waals surface area (Å²) in [6.45, 7) is 10.2. The summed E-state index contributed by atoms with van der Waals surface area (Å²) in [4.78, 5) is 18.9. The first-order valence-electron chi connectivity index (χ1n) is 9.24. The molecule has 0 spiro atoms. The van der Waals surface area contributed by atoms with Crippen LogP contribution < -0.4 is 15.0 Å². The molecule has 0 unspecified atom stereocenters. The molecule has 0 aliphatic rings. The average molecular weight is 355 g/mol. The number of ether oxygens (including phenoxy) is 1. The van der Waals surface area contributed by atoms with Gasteiger partial charge in [0.2, 0.25) is 0 Å². The molecule has 0 saturated heterocycles. The molecule has 1 heterocycles. The number of hydrogen-bond donors (Lipinski definition) is 1. The summed E-state index contributed by atoms with van der Waals surface area (Å²) < 4.78 is 5.64. The van der Waals surface area contributed by atoms with Gasteiger partial charge in [0.25, 0.3) is 5.91 Å². The Hall–Kier alpha value is -2.56. The number of amides is 1. The van der Waals surface area contributed by atoms with Crippen LogP contribution in [0.5, 0.6) is 5.75 Å². The number of carbonyl (C=O) groups is 1. The Morgan fingerprint density at radius 3 is 2.46 bits per heavy atom. The summed E-state index contributed by atoms with van der Waals surface area (Å²) >= 11 is 0. The van der Waals surface area contributed by atoms with Crippen molar-refractivity contribution in [2.75, 3.05) is 29.9 Å². The van der Waals surface area contributed by atoms with Crippen molar-refractivity contribution in [3.8, 4) is 5.75 Å². The number of aromatic nitrogens is 1. The average Bonchev–Trinajstić information content (AvgIpc) is 2.63. The number of nitrogens with zero attached hydrogens (tertiary/aromatic N) is 2. The summed E-state index contributed by atoms with van der Waals surface area (Å²) in [7, 11) is 0. The van der Waals surface area contributed by atoms with Crippen LogP contribution in [0.2, 0.25) is 0 Å². The van der Waals surface area contributed by atoms with Gasteiger partial charge in [0.15, 0.2) is 6.61 Å².